The highest BCUT2D eigenvalue weighted by Crippen LogP contribution is 2.76. The molecule has 2 aliphatic heterocycles. The van der Waals surface area contributed by atoms with Crippen LogP contribution in [-0.4, -0.2) is 138 Å². The smallest absolute Gasteiger partial charge is 0.187 e. The first-order valence-corrected chi connectivity index (χ1v) is 20.8. The molecule has 2 saturated heterocycles. The van der Waals surface area contributed by atoms with Crippen LogP contribution in [-0.2, 0) is 18.9 Å². The van der Waals surface area contributed by atoms with E-state index in [2.05, 4.69) is 40.7 Å². The summed E-state index contributed by atoms with van der Waals surface area (Å²) in [5.74, 6) is -0.526. The fraction of sp³-hybridized carbons (Fsp3) is 0.952. The summed E-state index contributed by atoms with van der Waals surface area (Å²) in [6, 6.07) is 0. The van der Waals surface area contributed by atoms with Crippen molar-refractivity contribution in [2.75, 3.05) is 6.61 Å². The van der Waals surface area contributed by atoms with E-state index in [9.17, 15) is 46.0 Å². The minimum atomic E-state index is -1.70. The molecule has 21 atom stereocenters. The number of rotatable bonds is 9. The number of aliphatic hydroxyl groups is 9. The zero-order chi connectivity index (χ0) is 40.8. The van der Waals surface area contributed by atoms with E-state index in [-0.39, 0.29) is 23.7 Å². The maximum absolute atomic E-state index is 12.3. The molecule has 318 valence electrons. The first kappa shape index (κ1) is 43.8. The number of fused-ring (bicyclic) bond motifs is 5. The summed E-state index contributed by atoms with van der Waals surface area (Å²) in [5, 5.41) is 100. The van der Waals surface area contributed by atoms with E-state index in [0.29, 0.717) is 32.1 Å². The number of hydrogen-bond donors (Lipinski definition) is 9. The van der Waals surface area contributed by atoms with Gasteiger partial charge >= 0.3 is 0 Å². The highest BCUT2D eigenvalue weighted by molar-refractivity contribution is 5.22. The topological polar surface area (TPSA) is 219 Å². The van der Waals surface area contributed by atoms with Gasteiger partial charge in [0.25, 0.3) is 0 Å². The van der Waals surface area contributed by atoms with Crippen molar-refractivity contribution >= 4 is 0 Å². The van der Waals surface area contributed by atoms with E-state index in [1.807, 2.05) is 20.8 Å². The summed E-state index contributed by atoms with van der Waals surface area (Å²) in [4.78, 5) is 0. The van der Waals surface area contributed by atoms with Gasteiger partial charge in [0.05, 0.1) is 36.6 Å². The Morgan fingerprint density at radius 2 is 1.49 bits per heavy atom. The molecule has 55 heavy (non-hydrogen) atoms. The molecule has 0 aromatic rings. The van der Waals surface area contributed by atoms with Crippen LogP contribution in [0.3, 0.4) is 0 Å². The Bertz CT molecular complexity index is 1390. The van der Waals surface area contributed by atoms with Gasteiger partial charge in [0.15, 0.2) is 12.6 Å². The van der Waals surface area contributed by atoms with E-state index in [1.165, 1.54) is 12.5 Å². The van der Waals surface area contributed by atoms with Gasteiger partial charge in [-0.25, -0.2) is 0 Å². The molecule has 0 spiro atoms. The van der Waals surface area contributed by atoms with E-state index < -0.39 is 114 Å². The van der Waals surface area contributed by atoms with Gasteiger partial charge in [-0.05, 0) is 124 Å². The van der Waals surface area contributed by atoms with Gasteiger partial charge < -0.3 is 64.9 Å². The monoisotopic (exact) mass is 784 g/mol. The van der Waals surface area contributed by atoms with Gasteiger partial charge in [0, 0.05) is 0 Å². The minimum Gasteiger partial charge on any atom is -0.394 e. The molecule has 0 unspecified atom stereocenters. The van der Waals surface area contributed by atoms with E-state index in [4.69, 9.17) is 18.9 Å². The van der Waals surface area contributed by atoms with Crippen molar-refractivity contribution in [3.63, 3.8) is 0 Å². The third-order valence-corrected chi connectivity index (χ3v) is 16.5. The van der Waals surface area contributed by atoms with Crippen LogP contribution in [0.2, 0.25) is 0 Å². The number of allylic oxidation sites excluding steroid dienone is 2. The van der Waals surface area contributed by atoms with Crippen LogP contribution in [0, 0.1) is 45.3 Å². The van der Waals surface area contributed by atoms with Crippen molar-refractivity contribution in [2.24, 2.45) is 45.3 Å². The largest absolute Gasteiger partial charge is 0.394 e. The lowest BCUT2D eigenvalue weighted by atomic mass is 9.34. The van der Waals surface area contributed by atoms with E-state index in [0.717, 1.165) is 19.3 Å². The highest BCUT2D eigenvalue weighted by atomic mass is 16.8. The zero-order valence-corrected chi connectivity index (χ0v) is 34.4. The molecule has 6 fully saturated rings. The zero-order valence-electron chi connectivity index (χ0n) is 34.4. The highest BCUT2D eigenvalue weighted by Gasteiger charge is 2.73. The van der Waals surface area contributed by atoms with Gasteiger partial charge in [-0.3, -0.25) is 0 Å². The van der Waals surface area contributed by atoms with Gasteiger partial charge in [0.1, 0.15) is 42.7 Å². The molecule has 0 aromatic heterocycles. The molecule has 0 amide bonds. The first-order chi connectivity index (χ1) is 25.5. The molecular weight excluding hydrogens is 712 g/mol. The molecule has 6 aliphatic rings. The summed E-state index contributed by atoms with van der Waals surface area (Å²) in [5.41, 5.74) is -1.71. The Morgan fingerprint density at radius 1 is 0.818 bits per heavy atom. The van der Waals surface area contributed by atoms with Crippen LogP contribution in [0.15, 0.2) is 11.6 Å². The molecule has 0 radical (unpaired) electrons. The summed E-state index contributed by atoms with van der Waals surface area (Å²) in [6.45, 7) is 17.8. The molecule has 13 nitrogen and oxygen atoms in total. The van der Waals surface area contributed by atoms with Gasteiger partial charge in [-0.15, -0.1) is 0 Å². The van der Waals surface area contributed by atoms with Crippen molar-refractivity contribution in [3.05, 3.63) is 11.6 Å². The fourth-order valence-electron chi connectivity index (χ4n) is 13.3. The Labute approximate surface area is 327 Å². The van der Waals surface area contributed by atoms with Crippen molar-refractivity contribution < 1.29 is 64.9 Å². The van der Waals surface area contributed by atoms with Crippen LogP contribution >= 0.6 is 0 Å². The second-order valence-electron chi connectivity index (χ2n) is 20.3. The van der Waals surface area contributed by atoms with E-state index >= 15 is 0 Å². The molecule has 0 bridgehead atoms. The first-order valence-electron chi connectivity index (χ1n) is 20.8. The maximum atomic E-state index is 12.3. The standard InChI is InChI=1S/C42H72O13/c1-20(2)11-10-14-42(9,51)22-12-16-40(7)28(22)23(44)17-26-39(6)15-13-27(45)38(4,5)35(39)24(18-41(26,40)8)53-37-34(32(49)30(47)25(19-43)54-37)55-36-33(50)31(48)29(46)21(3)52-36/h11,21-37,43-51H,10,12-19H2,1-9H3/t21-,22+,23+,24-,25+,26-,27-,28-,29-,30+,31+,32-,33+,34+,35+,36-,37+,39+,40+,41+,42-/m0/s1. The van der Waals surface area contributed by atoms with Crippen molar-refractivity contribution in [2.45, 2.75) is 199 Å². The van der Waals surface area contributed by atoms with Crippen LogP contribution in [0.25, 0.3) is 0 Å². The second-order valence-corrected chi connectivity index (χ2v) is 20.3. The molecule has 13 heteroatoms. The summed E-state index contributed by atoms with van der Waals surface area (Å²) in [7, 11) is 0. The van der Waals surface area contributed by atoms with Gasteiger partial charge in [0.2, 0.25) is 0 Å². The average molecular weight is 785 g/mol. The summed E-state index contributed by atoms with van der Waals surface area (Å²) < 4.78 is 25.1. The number of hydrogen-bond acceptors (Lipinski definition) is 13. The number of aliphatic hydroxyl groups excluding tert-OH is 8. The Kier molecular flexibility index (Phi) is 12.2. The third-order valence-electron chi connectivity index (χ3n) is 16.5. The Balaban J connectivity index is 1.38. The van der Waals surface area contributed by atoms with Crippen molar-refractivity contribution in [3.8, 4) is 0 Å². The molecule has 0 aromatic carbocycles. The summed E-state index contributed by atoms with van der Waals surface area (Å²) >= 11 is 0. The number of ether oxygens (including phenoxy) is 4. The Hall–Kier alpha value is -0.780. The van der Waals surface area contributed by atoms with Crippen LogP contribution < -0.4 is 0 Å². The third kappa shape index (κ3) is 7.10. The fourth-order valence-corrected chi connectivity index (χ4v) is 13.3. The lowest BCUT2D eigenvalue weighted by molar-refractivity contribution is -0.382. The quantitative estimate of drug-likeness (QED) is 0.121. The molecule has 4 saturated carbocycles. The predicted molar refractivity (Wildman–Crippen MR) is 201 cm³/mol. The van der Waals surface area contributed by atoms with Gasteiger partial charge in [-0.2, -0.15) is 0 Å². The lowest BCUT2D eigenvalue weighted by Gasteiger charge is -2.72. The second kappa shape index (κ2) is 15.4. The van der Waals surface area contributed by atoms with Gasteiger partial charge in [-0.1, -0.05) is 46.3 Å². The maximum Gasteiger partial charge on any atom is 0.187 e. The molecular formula is C42H72O13. The normalized spacial score (nSPS) is 53.4. The SMILES string of the molecule is CC(C)=CCC[C@](C)(O)[C@@H]1CC[C@]2(C)[C@@H]1[C@H](O)C[C@H]1[C@@]3(C)CC[C@H](O)C(C)(C)[C@H]3[C@@H](O[C@@H]3O[C@H](CO)[C@@H](O)[C@H](O)[C@H]3O[C@@H]3O[C@@H](C)[C@H](O)[C@@H](O)[C@H]3O)C[C@]12C. The molecule has 4 aliphatic carbocycles. The minimum absolute atomic E-state index is 0.0411. The van der Waals surface area contributed by atoms with Crippen LogP contribution in [0.5, 0.6) is 0 Å². The van der Waals surface area contributed by atoms with E-state index in [1.54, 1.807) is 0 Å². The van der Waals surface area contributed by atoms with Crippen LogP contribution in [0.1, 0.15) is 114 Å². The lowest BCUT2D eigenvalue weighted by Crippen LogP contribution is -2.71. The van der Waals surface area contributed by atoms with Crippen molar-refractivity contribution in [1.82, 2.24) is 0 Å². The van der Waals surface area contributed by atoms with Crippen molar-refractivity contribution in [1.29, 1.82) is 0 Å². The molecule has 9 N–H and O–H groups in total. The Morgan fingerprint density at radius 3 is 2.13 bits per heavy atom. The average Bonchev–Trinajstić information content (AvgIpc) is 3.49. The molecule has 2 heterocycles. The van der Waals surface area contributed by atoms with Crippen LogP contribution in [0.4, 0.5) is 0 Å². The predicted octanol–water partition coefficient (Wildman–Crippen LogP) is 2.15. The molecule has 6 rings (SSSR count). The summed E-state index contributed by atoms with van der Waals surface area (Å²) in [6.07, 6.45) is -8.99.